The highest BCUT2D eigenvalue weighted by molar-refractivity contribution is 5.07. The molecule has 3 N–H and O–H groups in total. The van der Waals surface area contributed by atoms with E-state index in [-0.39, 0.29) is 0 Å². The Labute approximate surface area is 95.3 Å². The molecule has 15 heavy (non-hydrogen) atoms. The molecule has 0 aliphatic carbocycles. The third-order valence-electron chi connectivity index (χ3n) is 2.82. The summed E-state index contributed by atoms with van der Waals surface area (Å²) >= 11 is 0. The maximum Gasteiger partial charge on any atom is 0.00137 e. The van der Waals surface area contributed by atoms with E-state index in [9.17, 15) is 0 Å². The fourth-order valence-electron chi connectivity index (χ4n) is 1.95. The Morgan fingerprint density at radius 3 is 2.60 bits per heavy atom. The Kier molecular flexibility index (Phi) is 9.96. The van der Waals surface area contributed by atoms with Gasteiger partial charge >= 0.3 is 0 Å². The average molecular weight is 212 g/mol. The summed E-state index contributed by atoms with van der Waals surface area (Å²) in [5.74, 6) is 0.715. The third kappa shape index (κ3) is 6.69. The molecule has 0 rings (SSSR count). The van der Waals surface area contributed by atoms with Crippen LogP contribution in [0.4, 0.5) is 0 Å². The van der Waals surface area contributed by atoms with Gasteiger partial charge in [-0.15, -0.1) is 0 Å². The van der Waals surface area contributed by atoms with Crippen LogP contribution in [0.1, 0.15) is 46.0 Å². The zero-order chi connectivity index (χ0) is 11.5. The average Bonchev–Trinajstić information content (AvgIpc) is 2.25. The minimum Gasteiger partial charge on any atom is -0.330 e. The fraction of sp³-hybridized carbons (Fsp3) is 0.846. The van der Waals surface area contributed by atoms with E-state index < -0.39 is 0 Å². The Morgan fingerprint density at radius 2 is 2.13 bits per heavy atom. The molecule has 0 fully saturated rings. The van der Waals surface area contributed by atoms with Crippen LogP contribution in [0.25, 0.3) is 0 Å². The molecule has 90 valence electrons. The predicted octanol–water partition coefficient (Wildman–Crippen LogP) is 2.70. The molecular weight excluding hydrogens is 184 g/mol. The van der Waals surface area contributed by atoms with Crippen molar-refractivity contribution in [3.63, 3.8) is 0 Å². The van der Waals surface area contributed by atoms with Gasteiger partial charge in [0.2, 0.25) is 0 Å². The number of unbranched alkanes of at least 4 members (excludes halogenated alkanes) is 1. The lowest BCUT2D eigenvalue weighted by Crippen LogP contribution is -2.20. The zero-order valence-corrected chi connectivity index (χ0v) is 10.7. The second kappa shape index (κ2) is 10.2. The molecule has 0 spiro atoms. The third-order valence-corrected chi connectivity index (χ3v) is 2.82. The summed E-state index contributed by atoms with van der Waals surface area (Å²) in [7, 11) is 2.03. The van der Waals surface area contributed by atoms with Crippen LogP contribution in [0.15, 0.2) is 11.6 Å². The lowest BCUT2D eigenvalue weighted by atomic mass is 9.91. The van der Waals surface area contributed by atoms with Gasteiger partial charge in [-0.1, -0.05) is 31.9 Å². The van der Waals surface area contributed by atoms with Crippen molar-refractivity contribution < 1.29 is 0 Å². The molecular formula is C13H28N2. The minimum absolute atomic E-state index is 0.715. The predicted molar refractivity (Wildman–Crippen MR) is 69.0 cm³/mol. The van der Waals surface area contributed by atoms with Gasteiger partial charge in [-0.05, 0) is 45.2 Å². The van der Waals surface area contributed by atoms with Crippen molar-refractivity contribution in [2.45, 2.75) is 46.0 Å². The number of hydrogen-bond acceptors (Lipinski definition) is 2. The van der Waals surface area contributed by atoms with E-state index in [0.717, 1.165) is 25.9 Å². The summed E-state index contributed by atoms with van der Waals surface area (Å²) in [5, 5.41) is 3.28. The van der Waals surface area contributed by atoms with Gasteiger partial charge in [-0.25, -0.2) is 0 Å². The molecule has 1 unspecified atom stereocenters. The van der Waals surface area contributed by atoms with Gasteiger partial charge in [0, 0.05) is 6.54 Å². The Morgan fingerprint density at radius 1 is 1.40 bits per heavy atom. The number of rotatable bonds is 9. The highest BCUT2D eigenvalue weighted by atomic mass is 14.8. The summed E-state index contributed by atoms with van der Waals surface area (Å²) in [5.41, 5.74) is 7.14. The monoisotopic (exact) mass is 212 g/mol. The first-order valence-corrected chi connectivity index (χ1v) is 6.33. The van der Waals surface area contributed by atoms with Crippen LogP contribution in [0.2, 0.25) is 0 Å². The SMILES string of the molecule is CCCC(=CCCCN)C(CC)CNC. The topological polar surface area (TPSA) is 38.0 Å². The summed E-state index contributed by atoms with van der Waals surface area (Å²) in [6.45, 7) is 6.43. The molecule has 0 radical (unpaired) electrons. The first-order valence-electron chi connectivity index (χ1n) is 6.33. The molecule has 1 atom stereocenters. The van der Waals surface area contributed by atoms with Crippen molar-refractivity contribution in [3.8, 4) is 0 Å². The molecule has 0 saturated carbocycles. The molecule has 0 aliphatic heterocycles. The number of allylic oxidation sites excluding steroid dienone is 1. The molecule has 0 amide bonds. The van der Waals surface area contributed by atoms with E-state index in [2.05, 4.69) is 25.2 Å². The maximum atomic E-state index is 5.51. The van der Waals surface area contributed by atoms with Crippen LogP contribution < -0.4 is 11.1 Å². The quantitative estimate of drug-likeness (QED) is 0.455. The van der Waals surface area contributed by atoms with Gasteiger partial charge in [-0.2, -0.15) is 0 Å². The van der Waals surface area contributed by atoms with Crippen LogP contribution in [0, 0.1) is 5.92 Å². The Hall–Kier alpha value is -0.340. The molecule has 0 saturated heterocycles. The second-order valence-corrected chi connectivity index (χ2v) is 4.12. The maximum absolute atomic E-state index is 5.51. The number of hydrogen-bond donors (Lipinski definition) is 2. The largest absolute Gasteiger partial charge is 0.330 e. The minimum atomic E-state index is 0.715. The van der Waals surface area contributed by atoms with Gasteiger partial charge in [0.15, 0.2) is 0 Å². The van der Waals surface area contributed by atoms with Gasteiger partial charge in [0.05, 0.1) is 0 Å². The first kappa shape index (κ1) is 14.7. The van der Waals surface area contributed by atoms with Crippen molar-refractivity contribution >= 4 is 0 Å². The van der Waals surface area contributed by atoms with E-state index in [4.69, 9.17) is 5.73 Å². The summed E-state index contributed by atoms with van der Waals surface area (Å²) in [6, 6.07) is 0. The molecule has 0 aromatic rings. The molecule has 2 heteroatoms. The second-order valence-electron chi connectivity index (χ2n) is 4.12. The standard InChI is InChI=1S/C13H28N2/c1-4-8-13(9-6-7-10-14)12(5-2)11-15-3/h9,12,15H,4-8,10-11,14H2,1-3H3. The van der Waals surface area contributed by atoms with Crippen LogP contribution >= 0.6 is 0 Å². The van der Waals surface area contributed by atoms with E-state index in [1.807, 2.05) is 7.05 Å². The summed E-state index contributed by atoms with van der Waals surface area (Å²) < 4.78 is 0. The summed E-state index contributed by atoms with van der Waals surface area (Å²) in [4.78, 5) is 0. The van der Waals surface area contributed by atoms with Crippen LogP contribution in [0.5, 0.6) is 0 Å². The van der Waals surface area contributed by atoms with Crippen molar-refractivity contribution in [1.29, 1.82) is 0 Å². The molecule has 0 bridgehead atoms. The molecule has 0 aromatic heterocycles. The highest BCUT2D eigenvalue weighted by Gasteiger charge is 2.09. The Bertz CT molecular complexity index is 164. The van der Waals surface area contributed by atoms with Crippen LogP contribution in [-0.4, -0.2) is 20.1 Å². The van der Waals surface area contributed by atoms with E-state index in [1.165, 1.54) is 19.3 Å². The van der Waals surface area contributed by atoms with Crippen LogP contribution in [0.3, 0.4) is 0 Å². The van der Waals surface area contributed by atoms with Gasteiger partial charge in [-0.3, -0.25) is 0 Å². The first-order chi connectivity index (χ1) is 7.29. The molecule has 0 aliphatic rings. The van der Waals surface area contributed by atoms with Crippen molar-refractivity contribution in [2.24, 2.45) is 11.7 Å². The van der Waals surface area contributed by atoms with Crippen molar-refractivity contribution in [2.75, 3.05) is 20.1 Å². The van der Waals surface area contributed by atoms with Crippen molar-refractivity contribution in [1.82, 2.24) is 5.32 Å². The van der Waals surface area contributed by atoms with Crippen LogP contribution in [-0.2, 0) is 0 Å². The summed E-state index contributed by atoms with van der Waals surface area (Å²) in [6.07, 6.45) is 8.39. The van der Waals surface area contributed by atoms with E-state index >= 15 is 0 Å². The van der Waals surface area contributed by atoms with Gasteiger partial charge in [0.1, 0.15) is 0 Å². The fourth-order valence-corrected chi connectivity index (χ4v) is 1.95. The lowest BCUT2D eigenvalue weighted by molar-refractivity contribution is 0.529. The van der Waals surface area contributed by atoms with E-state index in [0.29, 0.717) is 5.92 Å². The molecule has 2 nitrogen and oxygen atoms in total. The normalized spacial score (nSPS) is 14.3. The van der Waals surface area contributed by atoms with Crippen molar-refractivity contribution in [3.05, 3.63) is 11.6 Å². The molecule has 0 heterocycles. The molecule has 0 aromatic carbocycles. The number of nitrogens with one attached hydrogen (secondary N) is 1. The van der Waals surface area contributed by atoms with Gasteiger partial charge in [0.25, 0.3) is 0 Å². The number of nitrogens with two attached hydrogens (primary N) is 1. The van der Waals surface area contributed by atoms with E-state index in [1.54, 1.807) is 5.57 Å². The Balaban J connectivity index is 4.24. The lowest BCUT2D eigenvalue weighted by Gasteiger charge is -2.18. The zero-order valence-electron chi connectivity index (χ0n) is 10.7. The van der Waals surface area contributed by atoms with Gasteiger partial charge < -0.3 is 11.1 Å². The highest BCUT2D eigenvalue weighted by Crippen LogP contribution is 2.20. The smallest absolute Gasteiger partial charge is 0.00137 e.